The second-order valence-corrected chi connectivity index (χ2v) is 6.38. The maximum absolute atomic E-state index is 6.31. The molecule has 0 aromatic heterocycles. The summed E-state index contributed by atoms with van der Waals surface area (Å²) in [5, 5.41) is 0. The summed E-state index contributed by atoms with van der Waals surface area (Å²) in [7, 11) is 1.21. The maximum Gasteiger partial charge on any atom is 0.480 e. The Kier molecular flexibility index (Phi) is 3.89. The standard InChI is InChI=1S/C15H24BNO3/c1-10-7-8-11(9-12(10)18-6)13(17)16-19-14(2,3)15(4,5)20-16/h7-9,13H,17H2,1-6H3/t13-/m0/s1. The molecule has 0 bridgehead atoms. The molecule has 0 aliphatic carbocycles. The Morgan fingerprint density at radius 2 is 1.70 bits per heavy atom. The molecule has 20 heavy (non-hydrogen) atoms. The van der Waals surface area contributed by atoms with Crippen LogP contribution in [-0.4, -0.2) is 25.4 Å². The normalized spacial score (nSPS) is 21.9. The van der Waals surface area contributed by atoms with Crippen molar-refractivity contribution in [3.8, 4) is 5.75 Å². The number of hydrogen-bond donors (Lipinski definition) is 1. The van der Waals surface area contributed by atoms with Crippen LogP contribution in [0.15, 0.2) is 18.2 Å². The van der Waals surface area contributed by atoms with Gasteiger partial charge in [0.05, 0.1) is 24.3 Å². The van der Waals surface area contributed by atoms with Crippen LogP contribution in [0.1, 0.15) is 44.8 Å². The second kappa shape index (κ2) is 5.06. The molecule has 0 amide bonds. The molecule has 1 fully saturated rings. The monoisotopic (exact) mass is 277 g/mol. The molecule has 110 valence electrons. The van der Waals surface area contributed by atoms with Crippen LogP contribution in [-0.2, 0) is 9.31 Å². The number of benzene rings is 1. The number of ether oxygens (including phenoxy) is 1. The van der Waals surface area contributed by atoms with Gasteiger partial charge in [-0.1, -0.05) is 12.1 Å². The third kappa shape index (κ3) is 2.58. The van der Waals surface area contributed by atoms with E-state index in [2.05, 4.69) is 0 Å². The highest BCUT2D eigenvalue weighted by molar-refractivity contribution is 6.47. The number of aryl methyl sites for hydroxylation is 1. The van der Waals surface area contributed by atoms with E-state index in [1.54, 1.807) is 7.11 Å². The lowest BCUT2D eigenvalue weighted by Gasteiger charge is -2.32. The fourth-order valence-corrected chi connectivity index (χ4v) is 2.24. The molecule has 0 saturated carbocycles. The third-order valence-corrected chi connectivity index (χ3v) is 4.38. The highest BCUT2D eigenvalue weighted by Gasteiger charge is 2.53. The lowest BCUT2D eigenvalue weighted by molar-refractivity contribution is 0.00578. The second-order valence-electron chi connectivity index (χ2n) is 6.38. The van der Waals surface area contributed by atoms with Crippen molar-refractivity contribution in [3.63, 3.8) is 0 Å². The molecule has 1 heterocycles. The zero-order chi connectivity index (χ0) is 15.1. The lowest BCUT2D eigenvalue weighted by Crippen LogP contribution is -2.41. The van der Waals surface area contributed by atoms with Crippen molar-refractivity contribution in [3.05, 3.63) is 29.3 Å². The van der Waals surface area contributed by atoms with Crippen molar-refractivity contribution < 1.29 is 14.0 Å². The van der Waals surface area contributed by atoms with Gasteiger partial charge in [-0.3, -0.25) is 0 Å². The molecule has 5 heteroatoms. The minimum Gasteiger partial charge on any atom is -0.496 e. The Morgan fingerprint density at radius 1 is 1.15 bits per heavy atom. The summed E-state index contributed by atoms with van der Waals surface area (Å²) in [6.45, 7) is 10.1. The van der Waals surface area contributed by atoms with Gasteiger partial charge in [-0.05, 0) is 51.8 Å². The van der Waals surface area contributed by atoms with Crippen molar-refractivity contribution in [1.82, 2.24) is 0 Å². The number of hydrogen-bond acceptors (Lipinski definition) is 4. The van der Waals surface area contributed by atoms with Crippen molar-refractivity contribution in [2.45, 2.75) is 51.8 Å². The van der Waals surface area contributed by atoms with Crippen LogP contribution >= 0.6 is 0 Å². The van der Waals surface area contributed by atoms with Gasteiger partial charge in [-0.2, -0.15) is 0 Å². The van der Waals surface area contributed by atoms with E-state index in [4.69, 9.17) is 19.8 Å². The Labute approximate surface area is 121 Å². The Morgan fingerprint density at radius 3 is 2.20 bits per heavy atom. The zero-order valence-corrected chi connectivity index (χ0v) is 13.2. The molecule has 0 radical (unpaired) electrons. The van der Waals surface area contributed by atoms with Crippen LogP contribution < -0.4 is 10.5 Å². The average molecular weight is 277 g/mol. The molecule has 1 aromatic carbocycles. The first-order chi connectivity index (χ1) is 9.18. The largest absolute Gasteiger partial charge is 0.496 e. The molecule has 4 nitrogen and oxygen atoms in total. The predicted octanol–water partition coefficient (Wildman–Crippen LogP) is 2.63. The summed E-state index contributed by atoms with van der Waals surface area (Å²) in [5.74, 6) is 0.486. The molecule has 1 aliphatic rings. The van der Waals surface area contributed by atoms with E-state index in [0.717, 1.165) is 16.9 Å². The summed E-state index contributed by atoms with van der Waals surface area (Å²) in [5.41, 5.74) is 7.60. The molecule has 1 aliphatic heterocycles. The molecular formula is C15H24BNO3. The van der Waals surface area contributed by atoms with Gasteiger partial charge < -0.3 is 19.8 Å². The Bertz CT molecular complexity index is 486. The molecule has 0 unspecified atom stereocenters. The van der Waals surface area contributed by atoms with Crippen molar-refractivity contribution in [2.75, 3.05) is 7.11 Å². The predicted molar refractivity (Wildman–Crippen MR) is 80.7 cm³/mol. The fourth-order valence-electron chi connectivity index (χ4n) is 2.24. The number of methoxy groups -OCH3 is 1. The Balaban J connectivity index is 2.23. The van der Waals surface area contributed by atoms with E-state index in [0.29, 0.717) is 0 Å². The minimum absolute atomic E-state index is 0.342. The zero-order valence-electron chi connectivity index (χ0n) is 13.2. The fraction of sp³-hybridized carbons (Fsp3) is 0.600. The third-order valence-electron chi connectivity index (χ3n) is 4.38. The van der Waals surface area contributed by atoms with Crippen LogP contribution in [0.2, 0.25) is 0 Å². The van der Waals surface area contributed by atoms with Crippen LogP contribution in [0.25, 0.3) is 0 Å². The summed E-state index contributed by atoms with van der Waals surface area (Å²) < 4.78 is 17.3. The Hall–Kier alpha value is -1.04. The summed E-state index contributed by atoms with van der Waals surface area (Å²) in [6.07, 6.45) is 0. The smallest absolute Gasteiger partial charge is 0.480 e. The van der Waals surface area contributed by atoms with Gasteiger partial charge >= 0.3 is 7.12 Å². The van der Waals surface area contributed by atoms with Crippen molar-refractivity contribution >= 4 is 7.12 Å². The quantitative estimate of drug-likeness (QED) is 0.863. The molecule has 1 aromatic rings. The van der Waals surface area contributed by atoms with Gasteiger partial charge in [0.25, 0.3) is 0 Å². The van der Waals surface area contributed by atoms with Crippen molar-refractivity contribution in [1.29, 1.82) is 0 Å². The van der Waals surface area contributed by atoms with Gasteiger partial charge in [0.15, 0.2) is 0 Å². The minimum atomic E-state index is -0.451. The summed E-state index contributed by atoms with van der Waals surface area (Å²) in [6, 6.07) is 5.94. The van der Waals surface area contributed by atoms with E-state index < -0.39 is 7.12 Å². The van der Waals surface area contributed by atoms with E-state index in [9.17, 15) is 0 Å². The van der Waals surface area contributed by atoms with Crippen LogP contribution in [0.5, 0.6) is 5.75 Å². The van der Waals surface area contributed by atoms with Crippen LogP contribution in [0, 0.1) is 6.92 Å². The van der Waals surface area contributed by atoms with E-state index in [1.807, 2.05) is 52.8 Å². The molecular weight excluding hydrogens is 253 g/mol. The average Bonchev–Trinajstić information content (AvgIpc) is 2.58. The van der Waals surface area contributed by atoms with Crippen LogP contribution in [0.3, 0.4) is 0 Å². The maximum atomic E-state index is 6.31. The van der Waals surface area contributed by atoms with E-state index in [1.165, 1.54) is 0 Å². The molecule has 0 spiro atoms. The van der Waals surface area contributed by atoms with Crippen LogP contribution in [0.4, 0.5) is 0 Å². The summed E-state index contributed by atoms with van der Waals surface area (Å²) >= 11 is 0. The first-order valence-corrected chi connectivity index (χ1v) is 6.94. The SMILES string of the molecule is COc1cc([C@H](N)B2OC(C)(C)C(C)(C)O2)ccc1C. The first kappa shape index (κ1) is 15.4. The van der Waals surface area contributed by atoms with Gasteiger partial charge in [0.2, 0.25) is 0 Å². The van der Waals surface area contributed by atoms with E-state index in [-0.39, 0.29) is 17.1 Å². The highest BCUT2D eigenvalue weighted by atomic mass is 16.7. The number of rotatable bonds is 3. The van der Waals surface area contributed by atoms with Gasteiger partial charge in [-0.15, -0.1) is 0 Å². The van der Waals surface area contributed by atoms with Gasteiger partial charge in [0.1, 0.15) is 5.75 Å². The molecule has 1 atom stereocenters. The highest BCUT2D eigenvalue weighted by Crippen LogP contribution is 2.39. The summed E-state index contributed by atoms with van der Waals surface area (Å²) in [4.78, 5) is 0. The van der Waals surface area contributed by atoms with Gasteiger partial charge in [0, 0.05) is 0 Å². The molecule has 1 saturated heterocycles. The van der Waals surface area contributed by atoms with Gasteiger partial charge in [-0.25, -0.2) is 0 Å². The topological polar surface area (TPSA) is 53.7 Å². The van der Waals surface area contributed by atoms with Crippen molar-refractivity contribution in [2.24, 2.45) is 5.73 Å². The number of nitrogens with two attached hydrogens (primary N) is 1. The van der Waals surface area contributed by atoms with E-state index >= 15 is 0 Å². The molecule has 2 rings (SSSR count). The lowest BCUT2D eigenvalue weighted by atomic mass is 9.74. The first-order valence-electron chi connectivity index (χ1n) is 6.94. The molecule has 2 N–H and O–H groups in total.